The van der Waals surface area contributed by atoms with Crippen LogP contribution >= 0.6 is 11.6 Å². The Morgan fingerprint density at radius 3 is 2.57 bits per heavy atom. The van der Waals surface area contributed by atoms with Crippen LogP contribution in [0.25, 0.3) is 6.08 Å². The zero-order chi connectivity index (χ0) is 15.3. The van der Waals surface area contributed by atoms with Crippen LogP contribution in [-0.4, -0.2) is 24.1 Å². The monoisotopic (exact) mass is 326 g/mol. The van der Waals surface area contributed by atoms with Crippen molar-refractivity contribution in [2.24, 2.45) is 0 Å². The molecule has 1 aromatic carbocycles. The second-order valence-electron chi connectivity index (χ2n) is 4.33. The molecular weight excluding hydrogens is 315 g/mol. The van der Waals surface area contributed by atoms with Crippen LogP contribution in [0, 0.1) is 5.82 Å². The first-order valence-electron chi connectivity index (χ1n) is 6.04. The first-order chi connectivity index (χ1) is 9.94. The summed E-state index contributed by atoms with van der Waals surface area (Å²) in [6, 6.07) is 7.28. The van der Waals surface area contributed by atoms with Gasteiger partial charge < -0.3 is 0 Å². The van der Waals surface area contributed by atoms with Crippen LogP contribution in [0.1, 0.15) is 11.3 Å². The minimum Gasteiger partial charge on any atom is -0.228 e. The third-order valence-corrected chi connectivity index (χ3v) is 4.20. The van der Waals surface area contributed by atoms with Gasteiger partial charge in [-0.2, -0.15) is 0 Å². The molecule has 21 heavy (non-hydrogen) atoms. The van der Waals surface area contributed by atoms with E-state index in [-0.39, 0.29) is 22.6 Å². The molecule has 1 heterocycles. The van der Waals surface area contributed by atoms with Gasteiger partial charge in [-0.25, -0.2) is 22.8 Å². The van der Waals surface area contributed by atoms with Crippen molar-refractivity contribution in [3.8, 4) is 0 Å². The molecule has 2 aromatic rings. The van der Waals surface area contributed by atoms with Gasteiger partial charge in [-0.3, -0.25) is 0 Å². The predicted molar refractivity (Wildman–Crippen MR) is 80.0 cm³/mol. The Morgan fingerprint density at radius 2 is 1.90 bits per heavy atom. The van der Waals surface area contributed by atoms with Crippen LogP contribution in [0.4, 0.5) is 4.39 Å². The Balaban J connectivity index is 1.99. The molecule has 0 amide bonds. The number of aromatic nitrogens is 2. The molecule has 0 atom stereocenters. The van der Waals surface area contributed by atoms with E-state index in [1.54, 1.807) is 18.2 Å². The maximum absolute atomic E-state index is 12.7. The molecule has 0 aliphatic carbocycles. The van der Waals surface area contributed by atoms with E-state index in [2.05, 4.69) is 9.97 Å². The van der Waals surface area contributed by atoms with E-state index < -0.39 is 9.84 Å². The highest BCUT2D eigenvalue weighted by Crippen LogP contribution is 2.08. The molecule has 0 bridgehead atoms. The van der Waals surface area contributed by atoms with E-state index in [0.29, 0.717) is 5.69 Å². The number of sulfone groups is 1. The van der Waals surface area contributed by atoms with Crippen molar-refractivity contribution < 1.29 is 12.8 Å². The third kappa shape index (κ3) is 5.24. The Kier molecular flexibility index (Phi) is 5.03. The van der Waals surface area contributed by atoms with Gasteiger partial charge in [0.2, 0.25) is 5.28 Å². The fourth-order valence-electron chi connectivity index (χ4n) is 1.64. The zero-order valence-electron chi connectivity index (χ0n) is 10.9. The van der Waals surface area contributed by atoms with Crippen molar-refractivity contribution >= 4 is 27.5 Å². The molecule has 1 aromatic heterocycles. The maximum Gasteiger partial charge on any atom is 0.222 e. The molecule has 4 nitrogen and oxygen atoms in total. The zero-order valence-corrected chi connectivity index (χ0v) is 12.5. The van der Waals surface area contributed by atoms with Crippen LogP contribution in [-0.2, 0) is 15.6 Å². The summed E-state index contributed by atoms with van der Waals surface area (Å²) in [4.78, 5) is 7.54. The van der Waals surface area contributed by atoms with Gasteiger partial charge in [0.15, 0.2) is 9.84 Å². The van der Waals surface area contributed by atoms with Gasteiger partial charge >= 0.3 is 0 Å². The highest BCUT2D eigenvalue weighted by Gasteiger charge is 2.11. The van der Waals surface area contributed by atoms with Gasteiger partial charge in [-0.15, -0.1) is 0 Å². The van der Waals surface area contributed by atoms with E-state index in [1.807, 2.05) is 0 Å². The first-order valence-corrected chi connectivity index (χ1v) is 8.24. The summed E-state index contributed by atoms with van der Waals surface area (Å²) in [5.41, 5.74) is 1.09. The van der Waals surface area contributed by atoms with E-state index >= 15 is 0 Å². The second kappa shape index (κ2) is 6.78. The number of halogens is 2. The SMILES string of the molecule is O=S(=O)(CC=Cc1ccc(F)cc1)Cc1ccnc(Cl)n1. The van der Waals surface area contributed by atoms with Crippen molar-refractivity contribution in [3.63, 3.8) is 0 Å². The van der Waals surface area contributed by atoms with E-state index in [4.69, 9.17) is 11.6 Å². The lowest BCUT2D eigenvalue weighted by Gasteiger charge is -2.01. The smallest absolute Gasteiger partial charge is 0.222 e. The van der Waals surface area contributed by atoms with Gasteiger partial charge in [0.05, 0.1) is 17.2 Å². The molecule has 110 valence electrons. The molecule has 0 unspecified atom stereocenters. The molecule has 0 aliphatic heterocycles. The quantitative estimate of drug-likeness (QED) is 0.793. The van der Waals surface area contributed by atoms with Gasteiger partial charge in [-0.1, -0.05) is 24.3 Å². The molecule has 2 rings (SSSR count). The van der Waals surface area contributed by atoms with Gasteiger partial charge in [-0.05, 0) is 35.4 Å². The standard InChI is InChI=1S/C14H12ClFN2O2S/c15-14-17-8-7-13(18-14)10-21(19,20)9-1-2-11-3-5-12(16)6-4-11/h1-8H,9-10H2. The maximum atomic E-state index is 12.7. The van der Waals surface area contributed by atoms with Crippen LogP contribution in [0.15, 0.2) is 42.6 Å². The minimum atomic E-state index is -3.34. The number of hydrogen-bond acceptors (Lipinski definition) is 4. The normalized spacial score (nSPS) is 11.9. The summed E-state index contributed by atoms with van der Waals surface area (Å²) >= 11 is 5.61. The van der Waals surface area contributed by atoms with Crippen molar-refractivity contribution in [2.75, 3.05) is 5.75 Å². The van der Waals surface area contributed by atoms with Crippen LogP contribution in [0.5, 0.6) is 0 Å². The molecule has 0 N–H and O–H groups in total. The lowest BCUT2D eigenvalue weighted by molar-refractivity contribution is 0.597. The summed E-state index contributed by atoms with van der Waals surface area (Å²) in [5.74, 6) is -0.671. The summed E-state index contributed by atoms with van der Waals surface area (Å²) < 4.78 is 36.6. The van der Waals surface area contributed by atoms with Crippen molar-refractivity contribution in [1.29, 1.82) is 0 Å². The molecule has 0 saturated heterocycles. The van der Waals surface area contributed by atoms with Gasteiger partial charge in [0.25, 0.3) is 0 Å². The molecule has 7 heteroatoms. The average molecular weight is 327 g/mol. The molecule has 0 radical (unpaired) electrons. The van der Waals surface area contributed by atoms with Crippen LogP contribution in [0.2, 0.25) is 5.28 Å². The summed E-state index contributed by atoms with van der Waals surface area (Å²) in [6.07, 6.45) is 4.56. The fraction of sp³-hybridized carbons (Fsp3) is 0.143. The van der Waals surface area contributed by atoms with Crippen LogP contribution < -0.4 is 0 Å². The Hall–Kier alpha value is -1.79. The number of nitrogens with zero attached hydrogens (tertiary/aromatic N) is 2. The lowest BCUT2D eigenvalue weighted by atomic mass is 10.2. The Bertz CT molecular complexity index is 746. The fourth-order valence-corrected chi connectivity index (χ4v) is 2.92. The summed E-state index contributed by atoms with van der Waals surface area (Å²) in [5, 5.41) is 0.0181. The molecular formula is C14H12ClFN2O2S. The highest BCUT2D eigenvalue weighted by molar-refractivity contribution is 7.90. The third-order valence-electron chi connectivity index (χ3n) is 2.58. The highest BCUT2D eigenvalue weighted by atomic mass is 35.5. The molecule has 0 spiro atoms. The number of rotatable bonds is 5. The molecule has 0 saturated carbocycles. The number of benzene rings is 1. The summed E-state index contributed by atoms with van der Waals surface area (Å²) in [7, 11) is -3.34. The van der Waals surface area contributed by atoms with E-state index in [0.717, 1.165) is 5.56 Å². The summed E-state index contributed by atoms with van der Waals surface area (Å²) in [6.45, 7) is 0. The predicted octanol–water partition coefficient (Wildman–Crippen LogP) is 2.90. The van der Waals surface area contributed by atoms with E-state index in [1.165, 1.54) is 30.5 Å². The van der Waals surface area contributed by atoms with Crippen molar-refractivity contribution in [2.45, 2.75) is 5.75 Å². The first kappa shape index (κ1) is 15.6. The van der Waals surface area contributed by atoms with Gasteiger partial charge in [0, 0.05) is 6.20 Å². The number of hydrogen-bond donors (Lipinski definition) is 0. The topological polar surface area (TPSA) is 59.9 Å². The minimum absolute atomic E-state index is 0.0181. The second-order valence-corrected chi connectivity index (χ2v) is 6.77. The Labute approximate surface area is 127 Å². The van der Waals surface area contributed by atoms with Crippen molar-refractivity contribution in [1.82, 2.24) is 9.97 Å². The molecule has 0 aliphatic rings. The largest absolute Gasteiger partial charge is 0.228 e. The van der Waals surface area contributed by atoms with Gasteiger partial charge in [0.1, 0.15) is 5.82 Å². The lowest BCUT2D eigenvalue weighted by Crippen LogP contribution is -2.09. The molecule has 0 fully saturated rings. The Morgan fingerprint density at radius 1 is 1.19 bits per heavy atom. The van der Waals surface area contributed by atoms with Crippen molar-refractivity contribution in [3.05, 3.63) is 65.0 Å². The average Bonchev–Trinajstić information content (AvgIpc) is 2.40. The van der Waals surface area contributed by atoms with E-state index in [9.17, 15) is 12.8 Å². The van der Waals surface area contributed by atoms with Crippen LogP contribution in [0.3, 0.4) is 0 Å².